The molecule has 0 saturated heterocycles. The molecule has 0 amide bonds. The molecule has 2 aromatic heterocycles. The molecule has 0 spiro atoms. The normalized spacial score (nSPS) is 22.8. The van der Waals surface area contributed by atoms with E-state index in [9.17, 15) is 10.1 Å². The van der Waals surface area contributed by atoms with Crippen molar-refractivity contribution in [2.24, 2.45) is 11.8 Å². The van der Waals surface area contributed by atoms with Gasteiger partial charge in [-0.25, -0.2) is 4.68 Å². The average Bonchev–Trinajstić information content (AvgIpc) is 3.33. The largest absolute Gasteiger partial charge is 0.293 e. The Labute approximate surface area is 210 Å². The van der Waals surface area contributed by atoms with Gasteiger partial charge in [0.05, 0.1) is 22.6 Å². The summed E-state index contributed by atoms with van der Waals surface area (Å²) in [6.45, 7) is 4.15. The van der Waals surface area contributed by atoms with E-state index in [0.29, 0.717) is 0 Å². The topological polar surface area (TPSA) is 71.6 Å². The van der Waals surface area contributed by atoms with Crippen LogP contribution in [0.4, 0.5) is 0 Å². The van der Waals surface area contributed by atoms with Gasteiger partial charge in [0.15, 0.2) is 5.78 Å². The minimum Gasteiger partial charge on any atom is -0.293 e. The number of nitrogens with zero attached hydrogens (tertiary/aromatic N) is 4. The molecule has 0 bridgehead atoms. The first-order valence-electron chi connectivity index (χ1n) is 12.4. The number of benzene rings is 2. The second-order valence-electron chi connectivity index (χ2n) is 9.99. The fourth-order valence-corrected chi connectivity index (χ4v) is 6.19. The zero-order valence-electron chi connectivity index (χ0n) is 20.3. The van der Waals surface area contributed by atoms with E-state index in [1.54, 1.807) is 6.20 Å². The van der Waals surface area contributed by atoms with Crippen molar-refractivity contribution in [2.45, 2.75) is 32.1 Å². The minimum absolute atomic E-state index is 0.0430. The summed E-state index contributed by atoms with van der Waals surface area (Å²) in [5.74, 6) is -0.138. The molecule has 0 fully saturated rings. The molecule has 3 atom stereocenters. The van der Waals surface area contributed by atoms with Gasteiger partial charge in [0.25, 0.3) is 0 Å². The number of aromatic nitrogens is 3. The van der Waals surface area contributed by atoms with Crippen LogP contribution in [0, 0.1) is 23.2 Å². The molecule has 2 aliphatic carbocycles. The maximum absolute atomic E-state index is 12.9. The Kier molecular flexibility index (Phi) is 5.19. The fourth-order valence-electron chi connectivity index (χ4n) is 6.19. The van der Waals surface area contributed by atoms with E-state index in [1.807, 2.05) is 54.2 Å². The highest BCUT2D eigenvalue weighted by Crippen LogP contribution is 2.52. The van der Waals surface area contributed by atoms with Crippen molar-refractivity contribution in [3.05, 3.63) is 102 Å². The molecule has 2 aliphatic rings. The third-order valence-corrected chi connectivity index (χ3v) is 7.97. The molecule has 0 radical (unpaired) electrons. The van der Waals surface area contributed by atoms with Crippen molar-refractivity contribution in [3.63, 3.8) is 0 Å². The van der Waals surface area contributed by atoms with Crippen molar-refractivity contribution in [1.82, 2.24) is 14.8 Å². The van der Waals surface area contributed by atoms with Crippen LogP contribution in [0.15, 0.2) is 90.8 Å². The molecular formula is C31H26N4O. The molecule has 36 heavy (non-hydrogen) atoms. The molecule has 5 nitrogen and oxygen atoms in total. The number of hydrogen-bond donors (Lipinski definition) is 0. The molecule has 0 aliphatic heterocycles. The van der Waals surface area contributed by atoms with Crippen molar-refractivity contribution >= 4 is 5.78 Å². The van der Waals surface area contributed by atoms with E-state index in [0.717, 1.165) is 46.6 Å². The van der Waals surface area contributed by atoms with Gasteiger partial charge in [-0.15, -0.1) is 0 Å². The van der Waals surface area contributed by atoms with E-state index in [4.69, 9.17) is 5.10 Å². The highest BCUT2D eigenvalue weighted by atomic mass is 16.1. The Morgan fingerprint density at radius 3 is 2.44 bits per heavy atom. The molecule has 176 valence electrons. The number of allylic oxidation sites excluding steroid dienone is 2. The van der Waals surface area contributed by atoms with E-state index < -0.39 is 5.41 Å². The molecule has 6 rings (SSSR count). The lowest BCUT2D eigenvalue weighted by Crippen LogP contribution is -2.46. The Morgan fingerprint density at radius 1 is 1.00 bits per heavy atom. The van der Waals surface area contributed by atoms with Crippen LogP contribution in [0.25, 0.3) is 28.1 Å². The Hall–Kier alpha value is -4.30. The average molecular weight is 471 g/mol. The smallest absolute Gasteiger partial charge is 0.176 e. The lowest BCUT2D eigenvalue weighted by molar-refractivity contribution is -0.121. The zero-order valence-corrected chi connectivity index (χ0v) is 20.3. The predicted octanol–water partition coefficient (Wildman–Crippen LogP) is 6.09. The number of ketones is 1. The maximum Gasteiger partial charge on any atom is 0.176 e. The number of Topliss-reactive ketones (excluding diaryl/α,β-unsaturated/α-hetero) is 1. The fraction of sp³-hybridized carbons (Fsp3) is 0.226. The highest BCUT2D eigenvalue weighted by Gasteiger charge is 2.50. The number of rotatable bonds is 3. The summed E-state index contributed by atoms with van der Waals surface area (Å²) in [5, 5.41) is 14.9. The Balaban J connectivity index is 1.57. The first-order valence-corrected chi connectivity index (χ1v) is 12.4. The lowest BCUT2D eigenvalue weighted by Gasteiger charge is -2.45. The maximum atomic E-state index is 12.9. The summed E-state index contributed by atoms with van der Waals surface area (Å²) in [6, 6.07) is 24.8. The van der Waals surface area contributed by atoms with E-state index >= 15 is 0 Å². The zero-order chi connectivity index (χ0) is 24.9. The van der Waals surface area contributed by atoms with E-state index in [-0.39, 0.29) is 23.2 Å². The van der Waals surface area contributed by atoms with E-state index in [2.05, 4.69) is 54.4 Å². The van der Waals surface area contributed by atoms with Gasteiger partial charge in [0.1, 0.15) is 6.07 Å². The summed E-state index contributed by atoms with van der Waals surface area (Å²) < 4.78 is 2.05. The van der Waals surface area contributed by atoms with Crippen molar-refractivity contribution in [3.8, 4) is 34.1 Å². The number of carbonyl (C=O) groups is 1. The van der Waals surface area contributed by atoms with Gasteiger partial charge in [-0.1, -0.05) is 68.5 Å². The van der Waals surface area contributed by atoms with Gasteiger partial charge in [-0.3, -0.25) is 9.78 Å². The lowest BCUT2D eigenvalue weighted by atomic mass is 9.57. The third-order valence-electron chi connectivity index (χ3n) is 7.97. The van der Waals surface area contributed by atoms with Gasteiger partial charge >= 0.3 is 0 Å². The van der Waals surface area contributed by atoms with Crippen LogP contribution in [0.1, 0.15) is 31.5 Å². The van der Waals surface area contributed by atoms with Gasteiger partial charge < -0.3 is 0 Å². The number of pyridine rings is 1. The third kappa shape index (κ3) is 3.33. The van der Waals surface area contributed by atoms with Gasteiger partial charge in [0.2, 0.25) is 0 Å². The second kappa shape index (κ2) is 8.42. The van der Waals surface area contributed by atoms with Gasteiger partial charge in [0, 0.05) is 34.9 Å². The number of carbonyl (C=O) groups excluding carboxylic acids is 1. The molecular weight excluding hydrogens is 444 g/mol. The molecule has 4 aromatic rings. The van der Waals surface area contributed by atoms with Crippen LogP contribution in [-0.2, 0) is 16.6 Å². The molecule has 0 saturated carbocycles. The predicted molar refractivity (Wildman–Crippen MR) is 139 cm³/mol. The van der Waals surface area contributed by atoms with Crippen LogP contribution in [-0.4, -0.2) is 20.5 Å². The first-order chi connectivity index (χ1) is 17.5. The summed E-state index contributed by atoms with van der Waals surface area (Å²) >= 11 is 0. The van der Waals surface area contributed by atoms with Crippen LogP contribution in [0.5, 0.6) is 0 Å². The number of hydrogen-bond acceptors (Lipinski definition) is 4. The standard InChI is InChI=1S/C31H26N4O/c1-20-27-15-14-26-28(22-7-4-3-5-8-22)34-35(30(26)31(27,2)17-24(18-32)29(20)36)25-12-10-21(11-13-25)23-9-6-16-33-19-23/h3-13,16-17,19-20,27H,14-15H2,1-2H3/t20-,27-,31-/m1/s1. The van der Waals surface area contributed by atoms with Crippen LogP contribution >= 0.6 is 0 Å². The van der Waals surface area contributed by atoms with Crippen molar-refractivity contribution in [1.29, 1.82) is 5.26 Å². The van der Waals surface area contributed by atoms with Gasteiger partial charge in [-0.05, 0) is 48.1 Å². The summed E-state index contributed by atoms with van der Waals surface area (Å²) in [7, 11) is 0. The Morgan fingerprint density at radius 2 is 1.75 bits per heavy atom. The monoisotopic (exact) mass is 470 g/mol. The molecule has 2 heterocycles. The van der Waals surface area contributed by atoms with E-state index in [1.165, 1.54) is 5.56 Å². The first kappa shape index (κ1) is 22.2. The molecule has 0 unspecified atom stereocenters. The summed E-state index contributed by atoms with van der Waals surface area (Å²) in [6.07, 6.45) is 7.28. The van der Waals surface area contributed by atoms with Crippen LogP contribution in [0.2, 0.25) is 0 Å². The Bertz CT molecular complexity index is 1530. The number of fused-ring (bicyclic) bond motifs is 3. The SMILES string of the molecule is C[C@H]1C(=O)C(C#N)=C[C@@]2(C)c3c(c(-c4ccccc4)nn3-c3ccc(-c4cccnc4)cc3)CC[C@H]12. The van der Waals surface area contributed by atoms with Gasteiger partial charge in [-0.2, -0.15) is 10.4 Å². The van der Waals surface area contributed by atoms with Crippen LogP contribution in [0.3, 0.4) is 0 Å². The van der Waals surface area contributed by atoms with Crippen LogP contribution < -0.4 is 0 Å². The minimum atomic E-state index is -0.478. The quantitative estimate of drug-likeness (QED) is 0.363. The summed E-state index contributed by atoms with van der Waals surface area (Å²) in [5.41, 5.74) is 7.21. The second-order valence-corrected chi connectivity index (χ2v) is 9.99. The highest BCUT2D eigenvalue weighted by molar-refractivity contribution is 6.02. The number of nitriles is 1. The molecule has 0 N–H and O–H groups in total. The van der Waals surface area contributed by atoms with Crippen molar-refractivity contribution < 1.29 is 4.79 Å². The summed E-state index contributed by atoms with van der Waals surface area (Å²) in [4.78, 5) is 17.1. The molecule has 2 aromatic carbocycles. The molecule has 5 heteroatoms. The van der Waals surface area contributed by atoms with Crippen molar-refractivity contribution in [2.75, 3.05) is 0 Å².